The molecular weight excluding hydrogens is 434 g/mol. The number of rotatable bonds is 7. The Hall–Kier alpha value is -3.33. The number of nitrogens with one attached hydrogen (secondary N) is 3. The zero-order valence-electron chi connectivity index (χ0n) is 20.4. The molecule has 1 aliphatic rings. The van der Waals surface area contributed by atoms with Crippen molar-refractivity contribution >= 4 is 23.5 Å². The summed E-state index contributed by atoms with van der Waals surface area (Å²) in [5.41, 5.74) is 1.62. The Balaban J connectivity index is 1.46. The molecule has 34 heavy (non-hydrogen) atoms. The molecule has 0 atom stereocenters. The van der Waals surface area contributed by atoms with Crippen LogP contribution in [0, 0.1) is 0 Å². The number of ether oxygens (including phenoxy) is 2. The summed E-state index contributed by atoms with van der Waals surface area (Å²) < 4.78 is 10.6. The van der Waals surface area contributed by atoms with Gasteiger partial charge in [-0.15, -0.1) is 0 Å². The number of anilines is 2. The van der Waals surface area contributed by atoms with Gasteiger partial charge in [0.1, 0.15) is 11.4 Å². The fourth-order valence-electron chi connectivity index (χ4n) is 3.79. The van der Waals surface area contributed by atoms with Crippen molar-refractivity contribution in [3.63, 3.8) is 0 Å². The molecule has 3 rings (SSSR count). The number of benzene rings is 1. The molecule has 0 aliphatic carbocycles. The van der Waals surface area contributed by atoms with Crippen LogP contribution in [0.5, 0.6) is 5.75 Å². The van der Waals surface area contributed by atoms with E-state index in [0.29, 0.717) is 17.1 Å². The number of pyridine rings is 1. The summed E-state index contributed by atoms with van der Waals surface area (Å²) in [5, 5.41) is 8.57. The average molecular weight is 470 g/mol. The monoisotopic (exact) mass is 469 g/mol. The first-order chi connectivity index (χ1) is 16.2. The van der Waals surface area contributed by atoms with Gasteiger partial charge in [0.05, 0.1) is 12.8 Å². The second-order valence-corrected chi connectivity index (χ2v) is 9.36. The summed E-state index contributed by atoms with van der Waals surface area (Å²) in [6.07, 6.45) is 5.85. The molecule has 0 bridgehead atoms. The van der Waals surface area contributed by atoms with Crippen LogP contribution < -0.4 is 20.7 Å². The van der Waals surface area contributed by atoms with E-state index in [1.54, 1.807) is 39.0 Å². The normalized spacial score (nSPS) is 14.8. The van der Waals surface area contributed by atoms with Gasteiger partial charge in [0.2, 0.25) is 0 Å². The molecule has 1 saturated heterocycles. The highest BCUT2D eigenvalue weighted by atomic mass is 16.6. The van der Waals surface area contributed by atoms with Crippen molar-refractivity contribution in [2.75, 3.05) is 37.4 Å². The van der Waals surface area contributed by atoms with Gasteiger partial charge in [-0.05, 0) is 75.9 Å². The van der Waals surface area contributed by atoms with Gasteiger partial charge in [0.15, 0.2) is 0 Å². The van der Waals surface area contributed by atoms with E-state index in [4.69, 9.17) is 9.47 Å². The molecule has 2 aromatic rings. The topological polar surface area (TPSA) is 105 Å². The van der Waals surface area contributed by atoms with E-state index in [2.05, 4.69) is 25.8 Å². The lowest BCUT2D eigenvalue weighted by atomic mass is 10.0. The maximum atomic E-state index is 12.6. The molecule has 3 amide bonds. The zero-order valence-corrected chi connectivity index (χ0v) is 20.4. The highest BCUT2D eigenvalue weighted by Crippen LogP contribution is 2.28. The summed E-state index contributed by atoms with van der Waals surface area (Å²) in [5.74, 6) is 0.468. The maximum absolute atomic E-state index is 12.6. The van der Waals surface area contributed by atoms with E-state index in [9.17, 15) is 9.59 Å². The third kappa shape index (κ3) is 8.22. The Bertz CT molecular complexity index is 954. The first-order valence-electron chi connectivity index (χ1n) is 11.6. The van der Waals surface area contributed by atoms with Crippen LogP contribution in [0.4, 0.5) is 21.0 Å². The van der Waals surface area contributed by atoms with Crippen LogP contribution in [0.25, 0.3) is 0 Å². The number of aromatic nitrogens is 1. The molecule has 1 fully saturated rings. The number of amides is 3. The lowest BCUT2D eigenvalue weighted by Gasteiger charge is -2.32. The van der Waals surface area contributed by atoms with Crippen molar-refractivity contribution < 1.29 is 19.1 Å². The van der Waals surface area contributed by atoms with Gasteiger partial charge in [0, 0.05) is 43.8 Å². The fourth-order valence-corrected chi connectivity index (χ4v) is 3.79. The maximum Gasteiger partial charge on any atom is 0.412 e. The average Bonchev–Trinajstić information content (AvgIpc) is 2.78. The minimum absolute atomic E-state index is 0.120. The van der Waals surface area contributed by atoms with Crippen LogP contribution in [-0.4, -0.2) is 60.4 Å². The molecule has 0 spiro atoms. The molecule has 9 heteroatoms. The smallest absolute Gasteiger partial charge is 0.412 e. The molecular formula is C25H35N5O4. The van der Waals surface area contributed by atoms with E-state index in [1.165, 1.54) is 12.7 Å². The first kappa shape index (κ1) is 25.3. The van der Waals surface area contributed by atoms with Crippen LogP contribution in [0.3, 0.4) is 0 Å². The van der Waals surface area contributed by atoms with Gasteiger partial charge < -0.3 is 25.0 Å². The summed E-state index contributed by atoms with van der Waals surface area (Å²) in [7, 11) is 1.51. The molecule has 184 valence electrons. The van der Waals surface area contributed by atoms with E-state index in [-0.39, 0.29) is 12.1 Å². The molecule has 2 heterocycles. The minimum Gasteiger partial charge on any atom is -0.495 e. The van der Waals surface area contributed by atoms with Crippen molar-refractivity contribution in [3.05, 3.63) is 48.3 Å². The standard InChI is InChI=1S/C25H35N5O4/c1-25(2,3)34-24(32)29-21-17-20(5-6-22(21)33-4)28-23(31)27-19-10-15-30(16-11-19)14-9-18-7-12-26-13-8-18/h5-8,12-13,17,19H,9-11,14-16H2,1-4H3,(H,29,32)(H2,27,28,31). The fraction of sp³-hybridized carbons (Fsp3) is 0.480. The van der Waals surface area contributed by atoms with Crippen LogP contribution in [0.1, 0.15) is 39.2 Å². The number of nitrogens with zero attached hydrogens (tertiary/aromatic N) is 2. The quantitative estimate of drug-likeness (QED) is 0.560. The van der Waals surface area contributed by atoms with Crippen molar-refractivity contribution in [3.8, 4) is 5.75 Å². The number of hydrogen-bond donors (Lipinski definition) is 3. The number of carbonyl (C=O) groups excluding carboxylic acids is 2. The first-order valence-corrected chi connectivity index (χ1v) is 11.6. The van der Waals surface area contributed by atoms with Gasteiger partial charge >= 0.3 is 12.1 Å². The van der Waals surface area contributed by atoms with Gasteiger partial charge in [-0.3, -0.25) is 10.3 Å². The molecule has 3 N–H and O–H groups in total. The molecule has 9 nitrogen and oxygen atoms in total. The molecule has 0 saturated carbocycles. The Morgan fingerprint density at radius 2 is 1.79 bits per heavy atom. The van der Waals surface area contributed by atoms with Crippen LogP contribution in [0.15, 0.2) is 42.7 Å². The number of urea groups is 1. The second kappa shape index (κ2) is 11.7. The minimum atomic E-state index is -0.623. The third-order valence-corrected chi connectivity index (χ3v) is 5.48. The Kier molecular flexibility index (Phi) is 8.70. The number of likely N-dealkylation sites (tertiary alicyclic amines) is 1. The van der Waals surface area contributed by atoms with Crippen LogP contribution >= 0.6 is 0 Å². The van der Waals surface area contributed by atoms with Gasteiger partial charge in [-0.2, -0.15) is 0 Å². The van der Waals surface area contributed by atoms with E-state index in [0.717, 1.165) is 38.9 Å². The highest BCUT2D eigenvalue weighted by molar-refractivity contribution is 5.92. The van der Waals surface area contributed by atoms with Crippen molar-refractivity contribution in [1.29, 1.82) is 0 Å². The van der Waals surface area contributed by atoms with Crippen LogP contribution in [-0.2, 0) is 11.2 Å². The van der Waals surface area contributed by atoms with E-state index in [1.807, 2.05) is 24.5 Å². The SMILES string of the molecule is COc1ccc(NC(=O)NC2CCN(CCc3ccncc3)CC2)cc1NC(=O)OC(C)(C)C. The summed E-state index contributed by atoms with van der Waals surface area (Å²) >= 11 is 0. The number of piperidine rings is 1. The number of hydrogen-bond acceptors (Lipinski definition) is 6. The molecule has 1 aromatic carbocycles. The lowest BCUT2D eigenvalue weighted by Crippen LogP contribution is -2.46. The Morgan fingerprint density at radius 3 is 2.44 bits per heavy atom. The summed E-state index contributed by atoms with van der Waals surface area (Å²) in [6.45, 7) is 8.26. The second-order valence-electron chi connectivity index (χ2n) is 9.36. The summed E-state index contributed by atoms with van der Waals surface area (Å²) in [6, 6.07) is 8.99. The highest BCUT2D eigenvalue weighted by Gasteiger charge is 2.21. The van der Waals surface area contributed by atoms with Gasteiger partial charge in [-0.1, -0.05) is 0 Å². The van der Waals surface area contributed by atoms with Crippen LogP contribution in [0.2, 0.25) is 0 Å². The van der Waals surface area contributed by atoms with E-state index >= 15 is 0 Å². The van der Waals surface area contributed by atoms with Crippen molar-refractivity contribution in [2.24, 2.45) is 0 Å². The Labute approximate surface area is 201 Å². The Morgan fingerprint density at radius 1 is 1.09 bits per heavy atom. The van der Waals surface area contributed by atoms with Crippen molar-refractivity contribution in [2.45, 2.75) is 51.7 Å². The molecule has 0 unspecified atom stereocenters. The number of methoxy groups -OCH3 is 1. The lowest BCUT2D eigenvalue weighted by molar-refractivity contribution is 0.0635. The van der Waals surface area contributed by atoms with Crippen molar-refractivity contribution in [1.82, 2.24) is 15.2 Å². The molecule has 1 aliphatic heterocycles. The molecule has 0 radical (unpaired) electrons. The predicted octanol–water partition coefficient (Wildman–Crippen LogP) is 4.27. The largest absolute Gasteiger partial charge is 0.495 e. The van der Waals surface area contributed by atoms with Gasteiger partial charge in [0.25, 0.3) is 0 Å². The predicted molar refractivity (Wildman–Crippen MR) is 132 cm³/mol. The molecule has 1 aromatic heterocycles. The van der Waals surface area contributed by atoms with Gasteiger partial charge in [-0.25, -0.2) is 9.59 Å². The number of carbonyl (C=O) groups is 2. The zero-order chi connectivity index (χ0) is 24.6. The summed E-state index contributed by atoms with van der Waals surface area (Å²) in [4.78, 5) is 31.2. The van der Waals surface area contributed by atoms with E-state index < -0.39 is 11.7 Å². The third-order valence-electron chi connectivity index (χ3n) is 5.48.